The zero-order chi connectivity index (χ0) is 27.0. The third-order valence-corrected chi connectivity index (χ3v) is 14.9. The van der Waals surface area contributed by atoms with Gasteiger partial charge in [-0.15, -0.1) is 0 Å². The summed E-state index contributed by atoms with van der Waals surface area (Å²) in [7, 11) is 1.75. The molecule has 0 radical (unpaired) electrons. The second-order valence-corrected chi connectivity index (χ2v) is 16.3. The van der Waals surface area contributed by atoms with Gasteiger partial charge in [-0.05, 0) is 99.4 Å². The van der Waals surface area contributed by atoms with Crippen LogP contribution in [0, 0.1) is 0 Å². The van der Waals surface area contributed by atoms with Gasteiger partial charge < -0.3 is 14.6 Å². The Morgan fingerprint density at radius 2 is 1.28 bits per heavy atom. The number of methoxy groups -OCH3 is 2. The molecule has 3 nitrogen and oxygen atoms in total. The molecule has 5 rings (SSSR count). The van der Waals surface area contributed by atoms with Crippen LogP contribution in [0.4, 0.5) is 0 Å². The summed E-state index contributed by atoms with van der Waals surface area (Å²) in [5.41, 5.74) is 8.29. The van der Waals surface area contributed by atoms with E-state index in [0.717, 1.165) is 11.5 Å². The maximum atomic E-state index is 6.33. The minimum Gasteiger partial charge on any atom is -0.496 e. The van der Waals surface area contributed by atoms with Crippen LogP contribution in [0.5, 0.6) is 11.5 Å². The molecule has 1 aliphatic heterocycles. The Labute approximate surface area is 254 Å². The standard InChI is InChI=1S/C34H50NO2P.Au/c1-22(2)25-20-28(23(3)4)32-29(21-25)24(5)35-38(26-14-10-8-11-15-26,27-16-12-9-13-17-27)34-31(37-7)19-18-30(36-6)33(32)34;/h18-24,26-27H,8-17H2,1-7H3;/q;+1. The number of ether oxygens (including phenoxy) is 2. The molecule has 3 aliphatic rings. The van der Waals surface area contributed by atoms with Crippen molar-refractivity contribution in [2.75, 3.05) is 14.2 Å². The van der Waals surface area contributed by atoms with Gasteiger partial charge in [0.1, 0.15) is 11.1 Å². The second kappa shape index (κ2) is 13.0. The maximum Gasteiger partial charge on any atom is 1.00 e. The van der Waals surface area contributed by atoms with Gasteiger partial charge in [-0.25, -0.2) is 0 Å². The molecule has 1 atom stereocenters. The van der Waals surface area contributed by atoms with Crippen LogP contribution in [0.25, 0.3) is 16.2 Å². The molecular weight excluding hydrogens is 682 g/mol. The summed E-state index contributed by atoms with van der Waals surface area (Å²) in [5, 5.41) is 7.65. The van der Waals surface area contributed by atoms with E-state index in [1.807, 2.05) is 14.2 Å². The average Bonchev–Trinajstić information content (AvgIpc) is 3.06. The minimum absolute atomic E-state index is 0. The Hall–Kier alpha value is -0.830. The van der Waals surface area contributed by atoms with E-state index in [1.54, 1.807) is 0 Å². The van der Waals surface area contributed by atoms with Crippen LogP contribution >= 0.6 is 7.41 Å². The van der Waals surface area contributed by atoms with Crippen LogP contribution in [0.2, 0.25) is 0 Å². The van der Waals surface area contributed by atoms with E-state index in [2.05, 4.69) is 58.9 Å². The molecule has 0 saturated heterocycles. The number of fused-ring (bicyclic) bond motifs is 3. The van der Waals surface area contributed by atoms with E-state index in [-0.39, 0.29) is 28.4 Å². The monoisotopic (exact) mass is 732 g/mol. The van der Waals surface area contributed by atoms with Gasteiger partial charge in [0.05, 0.1) is 31.1 Å². The summed E-state index contributed by atoms with van der Waals surface area (Å²) in [6.45, 7) is 11.7. The molecule has 1 heterocycles. The van der Waals surface area contributed by atoms with Crippen molar-refractivity contribution in [1.82, 2.24) is 0 Å². The molecule has 2 aromatic carbocycles. The Morgan fingerprint density at radius 1 is 0.744 bits per heavy atom. The molecule has 2 aromatic rings. The number of hydrogen-bond acceptors (Lipinski definition) is 2. The molecule has 0 N–H and O–H groups in total. The van der Waals surface area contributed by atoms with Crippen molar-refractivity contribution >= 4 is 12.7 Å². The predicted octanol–water partition coefficient (Wildman–Crippen LogP) is 10.3. The van der Waals surface area contributed by atoms with Gasteiger partial charge in [0, 0.05) is 0 Å². The quantitative estimate of drug-likeness (QED) is 0.219. The summed E-state index contributed by atoms with van der Waals surface area (Å²) in [6, 6.07) is 9.50. The molecule has 0 bridgehead atoms. The van der Waals surface area contributed by atoms with Gasteiger partial charge in [0.15, 0.2) is 5.75 Å². The smallest absolute Gasteiger partial charge is 0.496 e. The third kappa shape index (κ3) is 5.53. The zero-order valence-electron chi connectivity index (χ0n) is 25.3. The van der Waals surface area contributed by atoms with E-state index in [4.69, 9.17) is 14.6 Å². The van der Waals surface area contributed by atoms with Crippen molar-refractivity contribution in [2.45, 2.75) is 128 Å². The first kappa shape index (κ1) is 31.1. The van der Waals surface area contributed by atoms with Crippen LogP contribution in [0.1, 0.15) is 133 Å². The first-order valence-electron chi connectivity index (χ1n) is 15.4. The molecule has 2 saturated carbocycles. The zero-order valence-corrected chi connectivity index (χ0v) is 28.3. The molecule has 218 valence electrons. The maximum absolute atomic E-state index is 6.33. The Morgan fingerprint density at radius 3 is 1.77 bits per heavy atom. The summed E-state index contributed by atoms with van der Waals surface area (Å²) in [5.74, 6) is 2.95. The number of hydrogen-bond donors (Lipinski definition) is 0. The topological polar surface area (TPSA) is 32.6 Å². The number of rotatable bonds is 6. The van der Waals surface area contributed by atoms with Gasteiger partial charge in [-0.3, -0.25) is 0 Å². The minimum atomic E-state index is -1.98. The number of benzene rings is 2. The van der Waals surface area contributed by atoms with Crippen molar-refractivity contribution in [3.63, 3.8) is 0 Å². The predicted molar refractivity (Wildman–Crippen MR) is 165 cm³/mol. The van der Waals surface area contributed by atoms with E-state index in [9.17, 15) is 0 Å². The molecule has 2 fully saturated rings. The van der Waals surface area contributed by atoms with Crippen LogP contribution in [0.3, 0.4) is 0 Å². The number of nitrogens with zero attached hydrogens (tertiary/aromatic N) is 1. The van der Waals surface area contributed by atoms with Crippen LogP contribution in [-0.4, -0.2) is 25.5 Å². The normalized spacial score (nSPS) is 21.6. The van der Waals surface area contributed by atoms with Crippen molar-refractivity contribution in [1.29, 1.82) is 0 Å². The van der Waals surface area contributed by atoms with Gasteiger partial charge in [0.2, 0.25) is 0 Å². The first-order valence-corrected chi connectivity index (χ1v) is 17.3. The van der Waals surface area contributed by atoms with Gasteiger partial charge >= 0.3 is 22.4 Å². The molecule has 0 amide bonds. The fourth-order valence-corrected chi connectivity index (χ4v) is 13.7. The van der Waals surface area contributed by atoms with Crippen molar-refractivity contribution in [3.8, 4) is 22.6 Å². The first-order chi connectivity index (χ1) is 18.3. The van der Waals surface area contributed by atoms with E-state index in [0.29, 0.717) is 23.2 Å². The molecule has 2 aliphatic carbocycles. The van der Waals surface area contributed by atoms with Gasteiger partial charge in [0.25, 0.3) is 0 Å². The Kier molecular flexibility index (Phi) is 10.4. The molecule has 0 aromatic heterocycles. The fraction of sp³-hybridized carbons (Fsp3) is 0.647. The summed E-state index contributed by atoms with van der Waals surface area (Å²) < 4.78 is 12.6. The molecule has 5 heteroatoms. The Balaban J connectivity index is 0.00000353. The van der Waals surface area contributed by atoms with Crippen molar-refractivity contribution < 1.29 is 31.9 Å². The summed E-state index contributed by atoms with van der Waals surface area (Å²) in [4.78, 5) is 0. The molecule has 39 heavy (non-hydrogen) atoms. The van der Waals surface area contributed by atoms with Gasteiger partial charge in [-0.1, -0.05) is 71.2 Å². The third-order valence-electron chi connectivity index (χ3n) is 9.74. The molecular formula is C34H50AuNO2P+. The summed E-state index contributed by atoms with van der Waals surface area (Å²) >= 11 is 0. The van der Waals surface area contributed by atoms with E-state index in [1.165, 1.54) is 97.3 Å². The van der Waals surface area contributed by atoms with E-state index >= 15 is 0 Å². The van der Waals surface area contributed by atoms with Crippen LogP contribution in [-0.2, 0) is 22.4 Å². The fourth-order valence-electron chi connectivity index (χ4n) is 7.81. The Bertz CT molecular complexity index is 1120. The van der Waals surface area contributed by atoms with Crippen molar-refractivity contribution in [2.24, 2.45) is 0 Å². The van der Waals surface area contributed by atoms with Crippen LogP contribution in [0.15, 0.2) is 24.3 Å². The summed E-state index contributed by atoms with van der Waals surface area (Å²) in [6.07, 6.45) is 13.3. The van der Waals surface area contributed by atoms with E-state index < -0.39 is 7.41 Å². The second-order valence-electron chi connectivity index (χ2n) is 12.7. The molecule has 1 unspecified atom stereocenters. The SMILES string of the molecule is COc1ccc(OC)c2c1-c1c(C(C)C)cc(C(C)C)cc1C(C)[N-][P+]2(C1CCCCC1)C1CCCCC1.[Au+]. The van der Waals surface area contributed by atoms with Crippen LogP contribution < -0.4 is 14.8 Å². The largest absolute Gasteiger partial charge is 1.00 e. The average molecular weight is 733 g/mol. The molecule has 0 spiro atoms. The van der Waals surface area contributed by atoms with Crippen molar-refractivity contribution in [3.05, 3.63) is 46.0 Å². The van der Waals surface area contributed by atoms with Gasteiger partial charge in [-0.2, -0.15) is 0 Å².